The van der Waals surface area contributed by atoms with Crippen LogP contribution in [0.1, 0.15) is 112 Å². The van der Waals surface area contributed by atoms with Gasteiger partial charge in [-0.05, 0) is 34.1 Å². The molecular weight excluding hydrogens is 552 g/mol. The number of hydrogen-bond acceptors (Lipinski definition) is 9. The highest BCUT2D eigenvalue weighted by Gasteiger charge is 2.12. The van der Waals surface area contributed by atoms with Crippen LogP contribution in [-0.2, 0) is 37.9 Å². The summed E-state index contributed by atoms with van der Waals surface area (Å²) in [6.45, 7) is 16.7. The van der Waals surface area contributed by atoms with Gasteiger partial charge in [-0.2, -0.15) is 0 Å². The van der Waals surface area contributed by atoms with Crippen LogP contribution in [0.15, 0.2) is 0 Å². The van der Waals surface area contributed by atoms with Crippen molar-refractivity contribution in [3.63, 3.8) is 0 Å². The van der Waals surface area contributed by atoms with Crippen molar-refractivity contribution in [2.24, 2.45) is 0 Å². The van der Waals surface area contributed by atoms with E-state index in [9.17, 15) is 0 Å². The van der Waals surface area contributed by atoms with Crippen molar-refractivity contribution in [3.8, 4) is 0 Å². The fourth-order valence-corrected chi connectivity index (χ4v) is 4.30. The van der Waals surface area contributed by atoms with Gasteiger partial charge in [-0.25, -0.2) is 0 Å². The van der Waals surface area contributed by atoms with E-state index in [0.29, 0.717) is 72.7 Å². The maximum atomic E-state index is 8.62. The molecule has 0 aromatic rings. The third kappa shape index (κ3) is 34.4. The van der Waals surface area contributed by atoms with Crippen LogP contribution in [-0.4, -0.2) is 115 Å². The zero-order valence-electron chi connectivity index (χ0n) is 28.7. The Morgan fingerprint density at radius 1 is 0.372 bits per heavy atom. The van der Waals surface area contributed by atoms with Crippen molar-refractivity contribution in [2.75, 3.05) is 85.9 Å². The molecule has 0 saturated heterocycles. The summed E-state index contributed by atoms with van der Waals surface area (Å²) in [5.41, 5.74) is 0. The molecule has 43 heavy (non-hydrogen) atoms. The molecule has 0 aliphatic rings. The normalized spacial score (nSPS) is 14.7. The standard InChI is InChI=1S/C34H70O9/c1-6-7-8-9-10-11-12-13-14-15-16-17-19-39-27-31(2)41-29-33(4)43-30-34(5)42-28-32(3)40-26-25-38-24-23-37-22-21-36-20-18-35/h31-35H,6-30H2,1-5H3. The molecular formula is C34H70O9. The first-order valence-corrected chi connectivity index (χ1v) is 17.4. The Morgan fingerprint density at radius 2 is 0.744 bits per heavy atom. The Hall–Kier alpha value is -0.360. The van der Waals surface area contributed by atoms with E-state index in [2.05, 4.69) is 13.8 Å². The van der Waals surface area contributed by atoms with Crippen LogP contribution in [0.25, 0.3) is 0 Å². The second-order valence-corrected chi connectivity index (χ2v) is 11.6. The van der Waals surface area contributed by atoms with Gasteiger partial charge in [0.15, 0.2) is 0 Å². The van der Waals surface area contributed by atoms with E-state index in [1.807, 2.05) is 20.8 Å². The highest BCUT2D eigenvalue weighted by Crippen LogP contribution is 2.12. The van der Waals surface area contributed by atoms with Crippen molar-refractivity contribution < 1.29 is 43.0 Å². The van der Waals surface area contributed by atoms with Crippen molar-refractivity contribution in [3.05, 3.63) is 0 Å². The molecule has 0 heterocycles. The summed E-state index contributed by atoms with van der Waals surface area (Å²) in [6, 6.07) is 0. The molecule has 0 saturated carbocycles. The minimum Gasteiger partial charge on any atom is -0.394 e. The molecule has 260 valence electrons. The van der Waals surface area contributed by atoms with E-state index in [1.165, 1.54) is 70.6 Å². The zero-order valence-corrected chi connectivity index (χ0v) is 28.7. The summed E-state index contributed by atoms with van der Waals surface area (Å²) in [4.78, 5) is 0. The lowest BCUT2D eigenvalue weighted by Crippen LogP contribution is -2.28. The second kappa shape index (κ2) is 34.5. The molecule has 0 radical (unpaired) electrons. The van der Waals surface area contributed by atoms with Crippen LogP contribution >= 0.6 is 0 Å². The monoisotopic (exact) mass is 623 g/mol. The van der Waals surface area contributed by atoms with Crippen molar-refractivity contribution in [1.29, 1.82) is 0 Å². The largest absolute Gasteiger partial charge is 0.394 e. The summed E-state index contributed by atoms with van der Waals surface area (Å²) in [5, 5.41) is 8.62. The smallest absolute Gasteiger partial charge is 0.0781 e. The van der Waals surface area contributed by atoms with E-state index >= 15 is 0 Å². The van der Waals surface area contributed by atoms with E-state index in [-0.39, 0.29) is 31.0 Å². The quantitative estimate of drug-likeness (QED) is 0.0801. The molecule has 0 aromatic carbocycles. The first kappa shape index (κ1) is 42.6. The molecule has 0 aliphatic heterocycles. The minimum atomic E-state index is -0.0282. The van der Waals surface area contributed by atoms with Gasteiger partial charge in [-0.15, -0.1) is 0 Å². The van der Waals surface area contributed by atoms with E-state index in [0.717, 1.165) is 13.0 Å². The second-order valence-electron chi connectivity index (χ2n) is 11.6. The Labute approximate surface area is 264 Å². The summed E-state index contributed by atoms with van der Waals surface area (Å²) in [7, 11) is 0. The van der Waals surface area contributed by atoms with Crippen LogP contribution in [0.5, 0.6) is 0 Å². The van der Waals surface area contributed by atoms with Crippen molar-refractivity contribution in [1.82, 2.24) is 0 Å². The molecule has 0 bridgehead atoms. The maximum absolute atomic E-state index is 8.62. The lowest BCUT2D eigenvalue weighted by Gasteiger charge is -2.21. The molecule has 4 atom stereocenters. The van der Waals surface area contributed by atoms with Crippen LogP contribution in [0.4, 0.5) is 0 Å². The van der Waals surface area contributed by atoms with Gasteiger partial charge in [-0.3, -0.25) is 0 Å². The van der Waals surface area contributed by atoms with Gasteiger partial charge >= 0.3 is 0 Å². The molecule has 0 spiro atoms. The minimum absolute atomic E-state index is 0.00675. The van der Waals surface area contributed by atoms with Gasteiger partial charge in [0.2, 0.25) is 0 Å². The average Bonchev–Trinajstić information content (AvgIpc) is 3.00. The third-order valence-electron chi connectivity index (χ3n) is 6.95. The van der Waals surface area contributed by atoms with Crippen molar-refractivity contribution in [2.45, 2.75) is 136 Å². The molecule has 1 N–H and O–H groups in total. The summed E-state index contributed by atoms with van der Waals surface area (Å²) in [6.07, 6.45) is 16.3. The Kier molecular flexibility index (Phi) is 34.2. The van der Waals surface area contributed by atoms with Gasteiger partial charge in [0.1, 0.15) is 0 Å². The number of hydrogen-bond donors (Lipinski definition) is 1. The van der Waals surface area contributed by atoms with E-state index in [1.54, 1.807) is 0 Å². The average molecular weight is 623 g/mol. The fraction of sp³-hybridized carbons (Fsp3) is 1.00. The molecule has 9 nitrogen and oxygen atoms in total. The van der Waals surface area contributed by atoms with Crippen LogP contribution in [0.3, 0.4) is 0 Å². The predicted molar refractivity (Wildman–Crippen MR) is 173 cm³/mol. The fourth-order valence-electron chi connectivity index (χ4n) is 4.30. The van der Waals surface area contributed by atoms with Crippen molar-refractivity contribution >= 4 is 0 Å². The highest BCUT2D eigenvalue weighted by molar-refractivity contribution is 4.57. The molecule has 0 amide bonds. The van der Waals surface area contributed by atoms with Gasteiger partial charge in [0.05, 0.1) is 104 Å². The Bertz CT molecular complexity index is 526. The topological polar surface area (TPSA) is 94.1 Å². The number of aliphatic hydroxyl groups excluding tert-OH is 1. The number of unbranched alkanes of at least 4 members (excludes halogenated alkanes) is 11. The lowest BCUT2D eigenvalue weighted by atomic mass is 10.1. The SMILES string of the molecule is CCCCCCCCCCCCCCOCC(C)OCC(C)OCC(C)OCC(C)OCCOCCOCCOCCO. The summed E-state index contributed by atoms with van der Waals surface area (Å²) < 4.78 is 45.2. The van der Waals surface area contributed by atoms with Gasteiger partial charge in [-0.1, -0.05) is 77.6 Å². The van der Waals surface area contributed by atoms with Gasteiger partial charge in [0.25, 0.3) is 0 Å². The van der Waals surface area contributed by atoms with Crippen LogP contribution in [0, 0.1) is 0 Å². The van der Waals surface area contributed by atoms with Gasteiger partial charge in [0, 0.05) is 6.61 Å². The first-order chi connectivity index (χ1) is 21.0. The Balaban J connectivity index is 3.48. The Morgan fingerprint density at radius 3 is 1.21 bits per heavy atom. The first-order valence-electron chi connectivity index (χ1n) is 17.4. The zero-order chi connectivity index (χ0) is 31.6. The summed E-state index contributed by atoms with van der Waals surface area (Å²) in [5.74, 6) is 0. The molecule has 0 aliphatic carbocycles. The number of ether oxygens (including phenoxy) is 8. The molecule has 0 fully saturated rings. The van der Waals surface area contributed by atoms with E-state index in [4.69, 9.17) is 43.0 Å². The lowest BCUT2D eigenvalue weighted by molar-refractivity contribution is -0.0951. The number of rotatable bonds is 36. The van der Waals surface area contributed by atoms with Gasteiger partial charge < -0.3 is 43.0 Å². The molecule has 4 unspecified atom stereocenters. The highest BCUT2D eigenvalue weighted by atomic mass is 16.6. The van der Waals surface area contributed by atoms with Crippen LogP contribution < -0.4 is 0 Å². The maximum Gasteiger partial charge on any atom is 0.0781 e. The molecule has 0 rings (SSSR count). The number of aliphatic hydroxyl groups is 1. The molecule has 9 heteroatoms. The summed E-state index contributed by atoms with van der Waals surface area (Å²) >= 11 is 0. The van der Waals surface area contributed by atoms with E-state index < -0.39 is 0 Å². The predicted octanol–water partition coefficient (Wildman–Crippen LogP) is 6.37. The van der Waals surface area contributed by atoms with Crippen LogP contribution in [0.2, 0.25) is 0 Å². The third-order valence-corrected chi connectivity index (χ3v) is 6.95. The molecule has 0 aromatic heterocycles.